The highest BCUT2D eigenvalue weighted by molar-refractivity contribution is 7.99. The van der Waals surface area contributed by atoms with Crippen molar-refractivity contribution in [3.05, 3.63) is 71.1 Å². The maximum Gasteiger partial charge on any atom is 0.427 e. The lowest BCUT2D eigenvalue weighted by atomic mass is 9.78. The molecule has 3 aliphatic rings. The number of amides is 1. The number of anilines is 1. The maximum atomic E-state index is 13.8. The van der Waals surface area contributed by atoms with E-state index in [0.29, 0.717) is 28.0 Å². The minimum Gasteiger partial charge on any atom is -0.303 e. The van der Waals surface area contributed by atoms with Crippen LogP contribution >= 0.6 is 23.3 Å². The number of fused-ring (bicyclic) bond motifs is 3. The van der Waals surface area contributed by atoms with Gasteiger partial charge in [0.1, 0.15) is 9.90 Å². The molecule has 6 rings (SSSR count). The third-order valence-electron chi connectivity index (χ3n) is 6.77. The van der Waals surface area contributed by atoms with E-state index in [1.165, 1.54) is 0 Å². The third kappa shape index (κ3) is 4.61. The molecule has 1 amide bonds. The number of alkyl halides is 3. The Labute approximate surface area is 204 Å². The monoisotopic (exact) mass is 503 g/mol. The smallest absolute Gasteiger partial charge is 0.303 e. The molecule has 178 valence electrons. The number of para-hydroxylation sites is 1. The van der Waals surface area contributed by atoms with Crippen LogP contribution in [0.3, 0.4) is 0 Å². The molecule has 0 unspecified atom stereocenters. The second-order valence-electron chi connectivity index (χ2n) is 8.77. The first kappa shape index (κ1) is 23.4. The number of halogens is 3. The number of benzene rings is 2. The largest absolute Gasteiger partial charge is 0.427 e. The van der Waals surface area contributed by atoms with Gasteiger partial charge in [-0.25, -0.2) is 0 Å². The minimum absolute atomic E-state index is 0.0543. The van der Waals surface area contributed by atoms with E-state index in [4.69, 9.17) is 0 Å². The van der Waals surface area contributed by atoms with Crippen LogP contribution in [0.5, 0.6) is 0 Å². The second-order valence-corrected chi connectivity index (χ2v) is 10.7. The fourth-order valence-electron chi connectivity index (χ4n) is 5.08. The molecule has 4 nitrogen and oxygen atoms in total. The number of carbonyl (C=O) groups is 1. The van der Waals surface area contributed by atoms with Crippen molar-refractivity contribution < 1.29 is 18.0 Å². The minimum atomic E-state index is -4.39. The molecule has 34 heavy (non-hydrogen) atoms. The van der Waals surface area contributed by atoms with E-state index >= 15 is 0 Å². The van der Waals surface area contributed by atoms with Gasteiger partial charge in [0, 0.05) is 22.2 Å². The van der Waals surface area contributed by atoms with Crippen LogP contribution in [-0.4, -0.2) is 40.4 Å². The van der Waals surface area contributed by atoms with Crippen LogP contribution in [0.4, 0.5) is 18.9 Å². The van der Waals surface area contributed by atoms with E-state index in [2.05, 4.69) is 16.2 Å². The Morgan fingerprint density at radius 1 is 1.09 bits per heavy atom. The zero-order valence-corrected chi connectivity index (χ0v) is 20.2. The van der Waals surface area contributed by atoms with Crippen molar-refractivity contribution in [3.8, 4) is 0 Å². The number of hydrogen-bond acceptors (Lipinski definition) is 5. The van der Waals surface area contributed by atoms with Crippen molar-refractivity contribution in [1.82, 2.24) is 9.27 Å². The summed E-state index contributed by atoms with van der Waals surface area (Å²) in [5.74, 6) is 0.410. The van der Waals surface area contributed by atoms with Gasteiger partial charge in [0.15, 0.2) is 0 Å². The molecule has 4 heterocycles. The second kappa shape index (κ2) is 9.36. The van der Waals surface area contributed by atoms with Gasteiger partial charge >= 0.3 is 6.18 Å². The highest BCUT2D eigenvalue weighted by atomic mass is 32.2. The fourth-order valence-corrected chi connectivity index (χ4v) is 6.62. The first-order valence-electron chi connectivity index (χ1n) is 11.3. The number of piperidine rings is 3. The average Bonchev–Trinajstić information content (AvgIpc) is 3.32. The lowest BCUT2D eigenvalue weighted by Crippen LogP contribution is -2.63. The van der Waals surface area contributed by atoms with Gasteiger partial charge in [-0.15, -0.1) is 0 Å². The summed E-state index contributed by atoms with van der Waals surface area (Å²) < 4.78 is 42.5. The van der Waals surface area contributed by atoms with Crippen molar-refractivity contribution in [2.75, 3.05) is 18.0 Å². The van der Waals surface area contributed by atoms with Crippen LogP contribution < -0.4 is 4.90 Å². The van der Waals surface area contributed by atoms with Gasteiger partial charge in [0.25, 0.3) is 5.91 Å². The van der Waals surface area contributed by atoms with Crippen LogP contribution in [0.1, 0.15) is 35.0 Å². The molecule has 2 bridgehead atoms. The first-order valence-corrected chi connectivity index (χ1v) is 12.8. The number of hydrogen-bond donors (Lipinski definition) is 0. The number of rotatable bonds is 5. The summed E-state index contributed by atoms with van der Waals surface area (Å²) in [6, 6.07) is 18.3. The van der Waals surface area contributed by atoms with Gasteiger partial charge < -0.3 is 4.90 Å². The summed E-state index contributed by atoms with van der Waals surface area (Å²) in [6.07, 6.45) is -2.20. The molecule has 2 atom stereocenters. The zero-order valence-electron chi connectivity index (χ0n) is 18.5. The molecule has 2 aromatic carbocycles. The van der Waals surface area contributed by atoms with Crippen molar-refractivity contribution in [2.45, 2.75) is 47.9 Å². The van der Waals surface area contributed by atoms with Crippen molar-refractivity contribution >= 4 is 34.9 Å². The quantitative estimate of drug-likeness (QED) is 0.401. The van der Waals surface area contributed by atoms with E-state index in [1.54, 1.807) is 24.3 Å². The molecule has 0 saturated carbocycles. The number of aromatic nitrogens is 1. The SMILES string of the molecule is C[C@H]1[C@H](N(C(=O)c2ccc(Sc3cc(C(F)(F)F)sn3)cc2)c2ccccc2)C2CCN1CC2. The lowest BCUT2D eigenvalue weighted by Gasteiger charge is -2.53. The molecule has 3 fully saturated rings. The van der Waals surface area contributed by atoms with E-state index in [1.807, 2.05) is 35.2 Å². The van der Waals surface area contributed by atoms with Gasteiger partial charge in [-0.05, 0) is 92.8 Å². The van der Waals surface area contributed by atoms with Gasteiger partial charge in [0.05, 0.1) is 6.04 Å². The first-order chi connectivity index (χ1) is 16.3. The van der Waals surface area contributed by atoms with Crippen molar-refractivity contribution in [2.24, 2.45) is 5.92 Å². The van der Waals surface area contributed by atoms with E-state index in [9.17, 15) is 18.0 Å². The summed E-state index contributed by atoms with van der Waals surface area (Å²) in [4.78, 5) is 18.3. The van der Waals surface area contributed by atoms with Crippen molar-refractivity contribution in [3.63, 3.8) is 0 Å². The van der Waals surface area contributed by atoms with Crippen LogP contribution in [0, 0.1) is 5.92 Å². The molecule has 9 heteroatoms. The highest BCUT2D eigenvalue weighted by Crippen LogP contribution is 2.39. The predicted molar refractivity (Wildman–Crippen MR) is 128 cm³/mol. The molecular weight excluding hydrogens is 479 g/mol. The molecule has 3 aliphatic heterocycles. The average molecular weight is 504 g/mol. The summed E-state index contributed by atoms with van der Waals surface area (Å²) in [6.45, 7) is 4.37. The van der Waals surface area contributed by atoms with Crippen LogP contribution in [0.15, 0.2) is 70.6 Å². The van der Waals surface area contributed by atoms with E-state index < -0.39 is 11.1 Å². The normalized spacial score (nSPS) is 24.2. The Morgan fingerprint density at radius 2 is 1.76 bits per heavy atom. The standard InChI is InChI=1S/C25H24F3N3OS2/c1-16-23(17-11-13-30(16)14-12-17)31(19-5-3-2-4-6-19)24(32)18-7-9-20(10-8-18)33-22-15-21(34-29-22)25(26,27)28/h2-10,15-17,23H,11-14H2,1H3/t16-,23-/m0/s1. The molecule has 3 saturated heterocycles. The molecule has 0 spiro atoms. The fraction of sp³-hybridized carbons (Fsp3) is 0.360. The van der Waals surface area contributed by atoms with Gasteiger partial charge in [-0.2, -0.15) is 17.5 Å². The van der Waals surface area contributed by atoms with Crippen LogP contribution in [0.2, 0.25) is 0 Å². The summed E-state index contributed by atoms with van der Waals surface area (Å²) in [5, 5.41) is 0.295. The molecular formula is C25H24F3N3OS2. The predicted octanol–water partition coefficient (Wildman–Crippen LogP) is 6.44. The van der Waals surface area contributed by atoms with Crippen LogP contribution in [0.25, 0.3) is 0 Å². The van der Waals surface area contributed by atoms with Gasteiger partial charge in [-0.1, -0.05) is 30.0 Å². The maximum absolute atomic E-state index is 13.8. The molecule has 0 N–H and O–H groups in total. The Bertz CT molecular complexity index is 1140. The lowest BCUT2D eigenvalue weighted by molar-refractivity contribution is -0.134. The summed E-state index contributed by atoms with van der Waals surface area (Å²) in [7, 11) is 0. The van der Waals surface area contributed by atoms with E-state index in [-0.39, 0.29) is 18.0 Å². The van der Waals surface area contributed by atoms with Gasteiger partial charge in [-0.3, -0.25) is 9.69 Å². The Morgan fingerprint density at radius 3 is 2.35 bits per heavy atom. The Kier molecular flexibility index (Phi) is 6.43. The zero-order chi connectivity index (χ0) is 23.9. The molecule has 0 radical (unpaired) electrons. The van der Waals surface area contributed by atoms with Gasteiger partial charge in [0.2, 0.25) is 0 Å². The number of nitrogens with zero attached hydrogens (tertiary/aromatic N) is 3. The summed E-state index contributed by atoms with van der Waals surface area (Å²) in [5.41, 5.74) is 1.45. The highest BCUT2D eigenvalue weighted by Gasteiger charge is 2.45. The molecule has 0 aliphatic carbocycles. The van der Waals surface area contributed by atoms with E-state index in [0.717, 1.165) is 54.3 Å². The Hall–Kier alpha value is -2.36. The Balaban J connectivity index is 1.39. The van der Waals surface area contributed by atoms with Crippen LogP contribution in [-0.2, 0) is 6.18 Å². The summed E-state index contributed by atoms with van der Waals surface area (Å²) >= 11 is 1.60. The van der Waals surface area contributed by atoms with Crippen molar-refractivity contribution in [1.29, 1.82) is 0 Å². The molecule has 1 aromatic heterocycles. The topological polar surface area (TPSA) is 36.4 Å². The number of carbonyl (C=O) groups excluding carboxylic acids is 1. The molecule has 3 aromatic rings. The third-order valence-corrected chi connectivity index (χ3v) is 8.65.